The number of para-hydroxylation sites is 1. The van der Waals surface area contributed by atoms with Gasteiger partial charge in [-0.3, -0.25) is 0 Å². The number of thiophene rings is 1. The molecule has 0 N–H and O–H groups in total. The number of anilines is 3. The first kappa shape index (κ1) is 25.8. The molecule has 3 heteroatoms. The Kier molecular flexibility index (Phi) is 6.03. The van der Waals surface area contributed by atoms with Crippen LogP contribution in [-0.4, -0.2) is 0 Å². The van der Waals surface area contributed by atoms with Gasteiger partial charge in [0.05, 0.1) is 10.4 Å². The van der Waals surface area contributed by atoms with Crippen molar-refractivity contribution in [1.29, 1.82) is 0 Å². The van der Waals surface area contributed by atoms with E-state index >= 15 is 0 Å². The molecule has 0 atom stereocenters. The van der Waals surface area contributed by atoms with Gasteiger partial charge in [-0.2, -0.15) is 0 Å². The van der Waals surface area contributed by atoms with Crippen molar-refractivity contribution < 1.29 is 4.42 Å². The van der Waals surface area contributed by atoms with Gasteiger partial charge in [-0.15, -0.1) is 11.3 Å². The van der Waals surface area contributed by atoms with Crippen LogP contribution in [0.25, 0.3) is 64.4 Å². The number of fused-ring (bicyclic) bond motifs is 6. The summed E-state index contributed by atoms with van der Waals surface area (Å²) in [6.07, 6.45) is 0. The molecule has 0 aliphatic rings. The summed E-state index contributed by atoms with van der Waals surface area (Å²) >= 11 is 1.86. The summed E-state index contributed by atoms with van der Waals surface area (Å²) in [5, 5.41) is 4.83. The molecule has 0 unspecified atom stereocenters. The van der Waals surface area contributed by atoms with Gasteiger partial charge in [0, 0.05) is 43.7 Å². The van der Waals surface area contributed by atoms with Crippen LogP contribution in [0.5, 0.6) is 0 Å². The van der Waals surface area contributed by atoms with Crippen LogP contribution in [0, 0.1) is 0 Å². The molecule has 0 saturated heterocycles. The second-order valence-corrected chi connectivity index (χ2v) is 12.4. The van der Waals surface area contributed by atoms with Gasteiger partial charge in [0.15, 0.2) is 0 Å². The topological polar surface area (TPSA) is 16.4 Å². The van der Waals surface area contributed by atoms with Crippen molar-refractivity contribution in [2.24, 2.45) is 0 Å². The Bertz CT molecular complexity index is 2490. The summed E-state index contributed by atoms with van der Waals surface area (Å²) in [6, 6.07) is 58.4. The molecular weight excluding hydrogens is 567 g/mol. The predicted octanol–water partition coefficient (Wildman–Crippen LogP) is 12.8. The quantitative estimate of drug-likeness (QED) is 0.197. The van der Waals surface area contributed by atoms with Crippen LogP contribution in [0.15, 0.2) is 168 Å². The molecule has 0 bridgehead atoms. The number of furan rings is 1. The van der Waals surface area contributed by atoms with Crippen molar-refractivity contribution in [2.75, 3.05) is 4.90 Å². The summed E-state index contributed by atoms with van der Waals surface area (Å²) < 4.78 is 8.93. The lowest BCUT2D eigenvalue weighted by molar-refractivity contribution is 0.669. The Labute approximate surface area is 265 Å². The maximum atomic E-state index is 6.40. The summed E-state index contributed by atoms with van der Waals surface area (Å²) in [4.78, 5) is 2.39. The molecule has 0 amide bonds. The standard InChI is InChI=1S/C42H27NOS/c1-3-12-28(13-4-1)30-16-11-17-31(26-30)43(32-22-23-35-34-18-7-9-20-38(34)44-39(35)27-32)37-25-24-33(29-14-5-2-6-15-29)41-36-19-8-10-21-40(36)45-42(37)41/h1-27H. The molecule has 45 heavy (non-hydrogen) atoms. The minimum Gasteiger partial charge on any atom is -0.456 e. The molecule has 2 nitrogen and oxygen atoms in total. The second kappa shape index (κ2) is 10.5. The molecule has 0 aliphatic carbocycles. The van der Waals surface area contributed by atoms with Crippen molar-refractivity contribution in [1.82, 2.24) is 0 Å². The van der Waals surface area contributed by atoms with Crippen molar-refractivity contribution in [3.8, 4) is 22.3 Å². The minimum absolute atomic E-state index is 0.881. The largest absolute Gasteiger partial charge is 0.456 e. The average molecular weight is 594 g/mol. The highest BCUT2D eigenvalue weighted by Gasteiger charge is 2.22. The molecule has 0 spiro atoms. The summed E-state index contributed by atoms with van der Waals surface area (Å²) in [7, 11) is 0. The normalized spacial score (nSPS) is 11.6. The van der Waals surface area contributed by atoms with E-state index < -0.39 is 0 Å². The lowest BCUT2D eigenvalue weighted by Gasteiger charge is -2.27. The van der Waals surface area contributed by atoms with Gasteiger partial charge in [0.25, 0.3) is 0 Å². The van der Waals surface area contributed by atoms with Crippen LogP contribution in [0.4, 0.5) is 17.1 Å². The van der Waals surface area contributed by atoms with Crippen LogP contribution in [0.1, 0.15) is 0 Å². The monoisotopic (exact) mass is 593 g/mol. The lowest BCUT2D eigenvalue weighted by atomic mass is 9.98. The summed E-state index contributed by atoms with van der Waals surface area (Å²) in [6.45, 7) is 0. The molecule has 0 radical (unpaired) electrons. The maximum absolute atomic E-state index is 6.40. The van der Waals surface area contributed by atoms with Crippen LogP contribution < -0.4 is 4.90 Å². The minimum atomic E-state index is 0.881. The third-order valence-corrected chi connectivity index (χ3v) is 9.86. The Morgan fingerprint density at radius 3 is 1.96 bits per heavy atom. The SMILES string of the molecule is c1ccc(-c2cccc(N(c3ccc4c(c3)oc3ccccc34)c3ccc(-c4ccccc4)c4c3sc3ccccc34)c2)cc1. The zero-order chi connectivity index (χ0) is 29.7. The van der Waals surface area contributed by atoms with E-state index in [2.05, 4.69) is 157 Å². The molecule has 2 aromatic heterocycles. The van der Waals surface area contributed by atoms with E-state index in [-0.39, 0.29) is 0 Å². The second-order valence-electron chi connectivity index (χ2n) is 11.3. The number of rotatable bonds is 5. The maximum Gasteiger partial charge on any atom is 0.137 e. The fourth-order valence-electron chi connectivity index (χ4n) is 6.58. The first-order valence-electron chi connectivity index (χ1n) is 15.2. The van der Waals surface area contributed by atoms with Crippen LogP contribution in [0.3, 0.4) is 0 Å². The van der Waals surface area contributed by atoms with Gasteiger partial charge in [-0.1, -0.05) is 115 Å². The number of benzene rings is 7. The van der Waals surface area contributed by atoms with Gasteiger partial charge in [0.2, 0.25) is 0 Å². The Balaban J connectivity index is 1.33. The van der Waals surface area contributed by atoms with E-state index in [1.54, 1.807) is 0 Å². The van der Waals surface area contributed by atoms with Gasteiger partial charge in [-0.05, 0) is 64.7 Å². The van der Waals surface area contributed by atoms with E-state index in [0.29, 0.717) is 0 Å². The van der Waals surface area contributed by atoms with Crippen molar-refractivity contribution >= 4 is 70.5 Å². The highest BCUT2D eigenvalue weighted by Crippen LogP contribution is 2.49. The molecule has 0 aliphatic heterocycles. The van der Waals surface area contributed by atoms with Crippen LogP contribution in [0.2, 0.25) is 0 Å². The number of nitrogens with zero attached hydrogens (tertiary/aromatic N) is 1. The smallest absolute Gasteiger partial charge is 0.137 e. The van der Waals surface area contributed by atoms with E-state index in [1.165, 1.54) is 42.4 Å². The molecule has 0 saturated carbocycles. The third kappa shape index (κ3) is 4.32. The highest BCUT2D eigenvalue weighted by molar-refractivity contribution is 7.26. The molecule has 0 fully saturated rings. The summed E-state index contributed by atoms with van der Waals surface area (Å²) in [5.41, 5.74) is 9.92. The fraction of sp³-hybridized carbons (Fsp3) is 0. The molecule has 212 valence electrons. The fourth-order valence-corrected chi connectivity index (χ4v) is 7.82. The number of hydrogen-bond donors (Lipinski definition) is 0. The average Bonchev–Trinajstić information content (AvgIpc) is 3.68. The predicted molar refractivity (Wildman–Crippen MR) is 192 cm³/mol. The third-order valence-electron chi connectivity index (χ3n) is 8.66. The molecule has 7 aromatic carbocycles. The zero-order valence-electron chi connectivity index (χ0n) is 24.4. The zero-order valence-corrected chi connectivity index (χ0v) is 25.2. The Hall–Kier alpha value is -5.64. The Morgan fingerprint density at radius 2 is 1.11 bits per heavy atom. The molecule has 2 heterocycles. The number of hydrogen-bond acceptors (Lipinski definition) is 3. The van der Waals surface area contributed by atoms with Crippen LogP contribution in [-0.2, 0) is 0 Å². The molecular formula is C42H27NOS. The molecule has 9 rings (SSSR count). The van der Waals surface area contributed by atoms with Gasteiger partial charge >= 0.3 is 0 Å². The van der Waals surface area contributed by atoms with E-state index in [0.717, 1.165) is 39.0 Å². The van der Waals surface area contributed by atoms with Gasteiger partial charge < -0.3 is 9.32 Å². The highest BCUT2D eigenvalue weighted by atomic mass is 32.1. The first-order chi connectivity index (χ1) is 22.3. The van der Waals surface area contributed by atoms with Crippen molar-refractivity contribution in [3.63, 3.8) is 0 Å². The Morgan fingerprint density at radius 1 is 0.444 bits per heavy atom. The van der Waals surface area contributed by atoms with E-state index in [1.807, 2.05) is 23.5 Å². The first-order valence-corrected chi connectivity index (χ1v) is 16.0. The van der Waals surface area contributed by atoms with Gasteiger partial charge in [0.1, 0.15) is 11.2 Å². The van der Waals surface area contributed by atoms with Crippen molar-refractivity contribution in [2.45, 2.75) is 0 Å². The van der Waals surface area contributed by atoms with E-state index in [9.17, 15) is 0 Å². The molecule has 9 aromatic rings. The van der Waals surface area contributed by atoms with Crippen LogP contribution >= 0.6 is 11.3 Å². The lowest BCUT2D eigenvalue weighted by Crippen LogP contribution is -2.10. The van der Waals surface area contributed by atoms with E-state index in [4.69, 9.17) is 4.42 Å². The van der Waals surface area contributed by atoms with Gasteiger partial charge in [-0.25, -0.2) is 0 Å². The van der Waals surface area contributed by atoms with Crippen molar-refractivity contribution in [3.05, 3.63) is 164 Å². The summed E-state index contributed by atoms with van der Waals surface area (Å²) in [5.74, 6) is 0.